The van der Waals surface area contributed by atoms with Crippen molar-refractivity contribution in [2.75, 3.05) is 11.4 Å². The minimum Gasteiger partial charge on any atom is -0.328 e. The van der Waals surface area contributed by atoms with E-state index in [-0.39, 0.29) is 11.8 Å². The lowest BCUT2D eigenvalue weighted by Gasteiger charge is -2.23. The molecule has 1 saturated carbocycles. The van der Waals surface area contributed by atoms with E-state index < -0.39 is 0 Å². The van der Waals surface area contributed by atoms with Crippen molar-refractivity contribution in [3.8, 4) is 0 Å². The van der Waals surface area contributed by atoms with E-state index in [1.54, 1.807) is 0 Å². The third-order valence-electron chi connectivity index (χ3n) is 7.18. The molecule has 0 N–H and O–H groups in total. The number of nitrogens with zero attached hydrogens (tertiary/aromatic N) is 3. The number of aryl methyl sites for hydroxylation is 3. The van der Waals surface area contributed by atoms with E-state index in [0.29, 0.717) is 13.0 Å². The van der Waals surface area contributed by atoms with Crippen LogP contribution in [0.15, 0.2) is 42.5 Å². The second-order valence-corrected chi connectivity index (χ2v) is 9.65. The Bertz CT molecular complexity index is 1070. The van der Waals surface area contributed by atoms with E-state index in [9.17, 15) is 4.79 Å². The molecule has 162 valence electrons. The van der Waals surface area contributed by atoms with Gasteiger partial charge in [0, 0.05) is 31.1 Å². The van der Waals surface area contributed by atoms with Gasteiger partial charge in [0.05, 0.1) is 11.0 Å². The van der Waals surface area contributed by atoms with Crippen LogP contribution in [0.3, 0.4) is 0 Å². The van der Waals surface area contributed by atoms with Crippen molar-refractivity contribution in [1.29, 1.82) is 0 Å². The highest BCUT2D eigenvalue weighted by atomic mass is 16.2. The molecule has 0 spiro atoms. The standard InChI is InChI=1S/C27H33N3O/c1-19-14-20(2)16-23(15-19)30-18-22(17-26(30)31)27-28-24-10-6-7-11-25(24)29(27)13-12-21-8-4-3-5-9-21/h6-7,10-11,14-16,21-22H,3-5,8-9,12-13,17-18H2,1-2H3. The van der Waals surface area contributed by atoms with Crippen LogP contribution in [0.2, 0.25) is 0 Å². The second kappa shape index (κ2) is 8.49. The Labute approximate surface area is 185 Å². The summed E-state index contributed by atoms with van der Waals surface area (Å²) in [5.74, 6) is 2.28. The van der Waals surface area contributed by atoms with Crippen LogP contribution < -0.4 is 4.90 Å². The van der Waals surface area contributed by atoms with E-state index >= 15 is 0 Å². The molecule has 2 fully saturated rings. The van der Waals surface area contributed by atoms with Crippen LogP contribution in [0, 0.1) is 19.8 Å². The number of imidazole rings is 1. The smallest absolute Gasteiger partial charge is 0.227 e. The summed E-state index contributed by atoms with van der Waals surface area (Å²) in [4.78, 5) is 20.0. The third-order valence-corrected chi connectivity index (χ3v) is 7.18. The van der Waals surface area contributed by atoms with Crippen LogP contribution in [0.4, 0.5) is 5.69 Å². The van der Waals surface area contributed by atoms with Gasteiger partial charge in [-0.05, 0) is 61.6 Å². The Morgan fingerprint density at radius 1 is 1.00 bits per heavy atom. The molecule has 1 saturated heterocycles. The van der Waals surface area contributed by atoms with Crippen molar-refractivity contribution < 1.29 is 4.79 Å². The van der Waals surface area contributed by atoms with Gasteiger partial charge in [-0.25, -0.2) is 4.98 Å². The molecular formula is C27H33N3O. The molecule has 31 heavy (non-hydrogen) atoms. The molecule has 1 aliphatic heterocycles. The monoisotopic (exact) mass is 415 g/mol. The van der Waals surface area contributed by atoms with Gasteiger partial charge in [-0.2, -0.15) is 0 Å². The van der Waals surface area contributed by atoms with Gasteiger partial charge in [-0.1, -0.05) is 50.3 Å². The number of hydrogen-bond donors (Lipinski definition) is 0. The van der Waals surface area contributed by atoms with Gasteiger partial charge >= 0.3 is 0 Å². The SMILES string of the molecule is Cc1cc(C)cc(N2CC(c3nc4ccccc4n3CCC3CCCCC3)CC2=O)c1. The van der Waals surface area contributed by atoms with Crippen LogP contribution in [0.5, 0.6) is 0 Å². The Hall–Kier alpha value is -2.62. The Morgan fingerprint density at radius 2 is 1.74 bits per heavy atom. The Morgan fingerprint density at radius 3 is 2.52 bits per heavy atom. The van der Waals surface area contributed by atoms with Gasteiger partial charge in [0.25, 0.3) is 0 Å². The normalized spacial score (nSPS) is 20.1. The molecule has 4 nitrogen and oxygen atoms in total. The number of amides is 1. The zero-order valence-electron chi connectivity index (χ0n) is 18.8. The van der Waals surface area contributed by atoms with Crippen molar-refractivity contribution in [3.05, 3.63) is 59.4 Å². The molecule has 1 unspecified atom stereocenters. The van der Waals surface area contributed by atoms with Crippen molar-refractivity contribution in [1.82, 2.24) is 9.55 Å². The number of fused-ring (bicyclic) bond motifs is 1. The highest BCUT2D eigenvalue weighted by Crippen LogP contribution is 2.35. The van der Waals surface area contributed by atoms with Crippen molar-refractivity contribution in [2.45, 2.75) is 71.3 Å². The topological polar surface area (TPSA) is 38.1 Å². The first-order chi connectivity index (χ1) is 15.1. The predicted octanol–water partition coefficient (Wildman–Crippen LogP) is 6.14. The van der Waals surface area contributed by atoms with Crippen molar-refractivity contribution >= 4 is 22.6 Å². The van der Waals surface area contributed by atoms with Crippen LogP contribution >= 0.6 is 0 Å². The highest BCUT2D eigenvalue weighted by molar-refractivity contribution is 5.96. The largest absolute Gasteiger partial charge is 0.328 e. The fourth-order valence-electron chi connectivity index (χ4n) is 5.66. The zero-order chi connectivity index (χ0) is 21.4. The number of aromatic nitrogens is 2. The molecule has 1 aliphatic carbocycles. The molecule has 4 heteroatoms. The first kappa shape index (κ1) is 20.3. The maximum absolute atomic E-state index is 13.0. The summed E-state index contributed by atoms with van der Waals surface area (Å²) < 4.78 is 2.42. The van der Waals surface area contributed by atoms with E-state index in [2.05, 4.69) is 60.9 Å². The van der Waals surface area contributed by atoms with Crippen LogP contribution in [-0.2, 0) is 11.3 Å². The first-order valence-electron chi connectivity index (χ1n) is 11.9. The zero-order valence-corrected chi connectivity index (χ0v) is 18.8. The summed E-state index contributed by atoms with van der Waals surface area (Å²) in [5, 5.41) is 0. The molecule has 2 heterocycles. The minimum atomic E-state index is 0.145. The fourth-order valence-corrected chi connectivity index (χ4v) is 5.66. The summed E-state index contributed by atoms with van der Waals surface area (Å²) in [5.41, 5.74) is 5.69. The average Bonchev–Trinajstić information content (AvgIpc) is 3.33. The average molecular weight is 416 g/mol. The quantitative estimate of drug-likeness (QED) is 0.502. The van der Waals surface area contributed by atoms with Gasteiger partial charge in [0.1, 0.15) is 5.82 Å². The fraction of sp³-hybridized carbons (Fsp3) is 0.481. The second-order valence-electron chi connectivity index (χ2n) is 9.65. The molecule has 2 aromatic carbocycles. The molecule has 1 aromatic heterocycles. The van der Waals surface area contributed by atoms with Crippen molar-refractivity contribution in [2.24, 2.45) is 5.92 Å². The third kappa shape index (κ3) is 4.13. The number of rotatable bonds is 5. The molecule has 3 aromatic rings. The molecule has 1 amide bonds. The van der Waals surface area contributed by atoms with E-state index in [0.717, 1.165) is 29.5 Å². The number of carbonyl (C=O) groups excluding carboxylic acids is 1. The first-order valence-corrected chi connectivity index (χ1v) is 11.9. The summed E-state index contributed by atoms with van der Waals surface area (Å²) in [6, 6.07) is 14.9. The summed E-state index contributed by atoms with van der Waals surface area (Å²) in [7, 11) is 0. The number of para-hydroxylation sites is 2. The molecule has 5 rings (SSSR count). The number of carbonyl (C=O) groups is 1. The van der Waals surface area contributed by atoms with Gasteiger partial charge in [-0.15, -0.1) is 0 Å². The maximum atomic E-state index is 13.0. The highest BCUT2D eigenvalue weighted by Gasteiger charge is 2.35. The van der Waals surface area contributed by atoms with E-state index in [1.165, 1.54) is 55.2 Å². The van der Waals surface area contributed by atoms with E-state index in [4.69, 9.17) is 4.98 Å². The van der Waals surface area contributed by atoms with Crippen molar-refractivity contribution in [3.63, 3.8) is 0 Å². The molecule has 2 aliphatic rings. The lowest BCUT2D eigenvalue weighted by atomic mass is 9.87. The number of hydrogen-bond acceptors (Lipinski definition) is 2. The minimum absolute atomic E-state index is 0.145. The Kier molecular flexibility index (Phi) is 5.56. The van der Waals surface area contributed by atoms with Gasteiger partial charge < -0.3 is 9.47 Å². The summed E-state index contributed by atoms with van der Waals surface area (Å²) in [6.07, 6.45) is 8.64. The number of anilines is 1. The predicted molar refractivity (Wildman–Crippen MR) is 127 cm³/mol. The molecular weight excluding hydrogens is 382 g/mol. The molecule has 1 atom stereocenters. The van der Waals surface area contributed by atoms with Gasteiger partial charge in [0.15, 0.2) is 0 Å². The molecule has 0 bridgehead atoms. The Balaban J connectivity index is 1.43. The van der Waals surface area contributed by atoms with Crippen LogP contribution in [-0.4, -0.2) is 22.0 Å². The summed E-state index contributed by atoms with van der Waals surface area (Å²) in [6.45, 7) is 5.92. The maximum Gasteiger partial charge on any atom is 0.227 e. The molecule has 0 radical (unpaired) electrons. The summed E-state index contributed by atoms with van der Waals surface area (Å²) >= 11 is 0. The van der Waals surface area contributed by atoms with Crippen LogP contribution in [0.25, 0.3) is 11.0 Å². The lowest BCUT2D eigenvalue weighted by Crippen LogP contribution is -2.24. The number of benzene rings is 2. The van der Waals surface area contributed by atoms with Gasteiger partial charge in [0.2, 0.25) is 5.91 Å². The van der Waals surface area contributed by atoms with Gasteiger partial charge in [-0.3, -0.25) is 4.79 Å². The van der Waals surface area contributed by atoms with Crippen LogP contribution in [0.1, 0.15) is 67.8 Å². The van der Waals surface area contributed by atoms with E-state index in [1.807, 2.05) is 4.90 Å². The lowest BCUT2D eigenvalue weighted by molar-refractivity contribution is -0.117.